The molecule has 5 nitrogen and oxygen atoms in total. The third-order valence-corrected chi connectivity index (χ3v) is 4.53. The smallest absolute Gasteiger partial charge is 0.391 e. The summed E-state index contributed by atoms with van der Waals surface area (Å²) in [5.41, 5.74) is -1.17. The van der Waals surface area contributed by atoms with Crippen LogP contribution in [0, 0.1) is 5.92 Å². The van der Waals surface area contributed by atoms with Gasteiger partial charge in [-0.25, -0.2) is 13.1 Å². The summed E-state index contributed by atoms with van der Waals surface area (Å²) in [6.07, 6.45) is -4.18. The minimum absolute atomic E-state index is 0.0987. The lowest BCUT2D eigenvalue weighted by molar-refractivity contribution is -0.141. The van der Waals surface area contributed by atoms with E-state index >= 15 is 0 Å². The predicted molar refractivity (Wildman–Crippen MR) is 69.9 cm³/mol. The summed E-state index contributed by atoms with van der Waals surface area (Å²) in [5, 5.41) is 9.69. The van der Waals surface area contributed by atoms with Gasteiger partial charge in [0.1, 0.15) is 10.6 Å². The van der Waals surface area contributed by atoms with Crippen molar-refractivity contribution in [1.29, 1.82) is 0 Å². The highest BCUT2D eigenvalue weighted by atomic mass is 32.2. The summed E-state index contributed by atoms with van der Waals surface area (Å²) >= 11 is 0. The summed E-state index contributed by atoms with van der Waals surface area (Å²) in [4.78, 5) is 2.71. The Hall–Kier alpha value is -1.19. The van der Waals surface area contributed by atoms with Crippen LogP contribution < -0.4 is 4.72 Å². The number of hydrogen-bond acceptors (Lipinski definition) is 4. The Morgan fingerprint density at radius 1 is 1.38 bits per heavy atom. The van der Waals surface area contributed by atoms with Crippen LogP contribution in [0.3, 0.4) is 0 Å². The zero-order chi connectivity index (χ0) is 16.3. The first-order valence-corrected chi connectivity index (χ1v) is 7.77. The largest absolute Gasteiger partial charge is 0.433 e. The van der Waals surface area contributed by atoms with E-state index in [-0.39, 0.29) is 17.4 Å². The number of nitrogens with one attached hydrogen (secondary N) is 1. The molecule has 2 atom stereocenters. The maximum Gasteiger partial charge on any atom is 0.433 e. The van der Waals surface area contributed by atoms with E-state index in [0.29, 0.717) is 18.7 Å². The molecular weight excluding hydrogens is 309 g/mol. The lowest BCUT2D eigenvalue weighted by Crippen LogP contribution is -2.35. The number of sulfonamides is 1. The second-order valence-corrected chi connectivity index (χ2v) is 6.45. The molecule has 120 valence electrons. The standard InChI is InChI=1S/C12H17F3N2O3S/c1-3-8(2)10(18)7-17-21(19,20)9-4-5-11(16-6-9)12(13,14)15/h4-6,8,10,17-18H,3,7H2,1-2H3/t8-,10+/m0/s1. The normalized spacial score (nSPS) is 15.7. The third kappa shape index (κ3) is 4.94. The van der Waals surface area contributed by atoms with E-state index in [2.05, 4.69) is 9.71 Å². The van der Waals surface area contributed by atoms with Gasteiger partial charge in [0, 0.05) is 12.7 Å². The van der Waals surface area contributed by atoms with Crippen molar-refractivity contribution >= 4 is 10.0 Å². The van der Waals surface area contributed by atoms with Gasteiger partial charge < -0.3 is 5.11 Å². The number of pyridine rings is 1. The topological polar surface area (TPSA) is 79.3 Å². The molecule has 21 heavy (non-hydrogen) atoms. The minimum Gasteiger partial charge on any atom is -0.391 e. The van der Waals surface area contributed by atoms with Gasteiger partial charge >= 0.3 is 6.18 Å². The zero-order valence-electron chi connectivity index (χ0n) is 11.6. The van der Waals surface area contributed by atoms with E-state index in [0.717, 1.165) is 6.07 Å². The summed E-state index contributed by atoms with van der Waals surface area (Å²) in [6, 6.07) is 1.42. The molecule has 1 aromatic heterocycles. The van der Waals surface area contributed by atoms with E-state index < -0.39 is 28.0 Å². The van der Waals surface area contributed by atoms with Crippen LogP contribution in [0.5, 0.6) is 0 Å². The summed E-state index contributed by atoms with van der Waals surface area (Å²) in [7, 11) is -4.00. The van der Waals surface area contributed by atoms with Crippen molar-refractivity contribution in [3.63, 3.8) is 0 Å². The third-order valence-electron chi connectivity index (χ3n) is 3.12. The van der Waals surface area contributed by atoms with Gasteiger partial charge in [-0.2, -0.15) is 13.2 Å². The van der Waals surface area contributed by atoms with Gasteiger partial charge in [-0.05, 0) is 18.1 Å². The van der Waals surface area contributed by atoms with Crippen LogP contribution in [0.1, 0.15) is 26.0 Å². The number of rotatable bonds is 6. The SMILES string of the molecule is CC[C@H](C)[C@H](O)CNS(=O)(=O)c1ccc(C(F)(F)F)nc1. The fourth-order valence-corrected chi connectivity index (χ4v) is 2.45. The fourth-order valence-electron chi connectivity index (χ4n) is 1.46. The lowest BCUT2D eigenvalue weighted by atomic mass is 10.0. The molecule has 1 rings (SSSR count). The lowest BCUT2D eigenvalue weighted by Gasteiger charge is -2.17. The van der Waals surface area contributed by atoms with Crippen molar-refractivity contribution in [2.24, 2.45) is 5.92 Å². The molecule has 1 heterocycles. The highest BCUT2D eigenvalue weighted by Gasteiger charge is 2.32. The van der Waals surface area contributed by atoms with Crippen LogP contribution in [-0.2, 0) is 16.2 Å². The maximum atomic E-state index is 12.3. The molecule has 1 aromatic rings. The summed E-state index contributed by atoms with van der Waals surface area (Å²) < 4.78 is 62.9. The average Bonchev–Trinajstić information content (AvgIpc) is 2.43. The molecule has 0 saturated heterocycles. The number of hydrogen-bond donors (Lipinski definition) is 2. The molecular formula is C12H17F3N2O3S. The van der Waals surface area contributed by atoms with Crippen molar-refractivity contribution in [3.8, 4) is 0 Å². The van der Waals surface area contributed by atoms with Crippen molar-refractivity contribution < 1.29 is 26.7 Å². The molecule has 0 aliphatic carbocycles. The highest BCUT2D eigenvalue weighted by Crippen LogP contribution is 2.27. The van der Waals surface area contributed by atoms with Crippen molar-refractivity contribution in [1.82, 2.24) is 9.71 Å². The molecule has 0 aliphatic rings. The number of alkyl halides is 3. The molecule has 0 unspecified atom stereocenters. The number of aliphatic hydroxyl groups is 1. The van der Waals surface area contributed by atoms with Gasteiger partial charge in [0.05, 0.1) is 6.10 Å². The van der Waals surface area contributed by atoms with Crippen LogP contribution in [0.2, 0.25) is 0 Å². The van der Waals surface area contributed by atoms with E-state index in [1.54, 1.807) is 6.92 Å². The monoisotopic (exact) mass is 326 g/mol. The average molecular weight is 326 g/mol. The molecule has 0 amide bonds. The summed E-state index contributed by atoms with van der Waals surface area (Å²) in [5.74, 6) is -0.0987. The van der Waals surface area contributed by atoms with Crippen LogP contribution in [-0.4, -0.2) is 31.2 Å². The first-order chi connectivity index (χ1) is 9.58. The molecule has 2 N–H and O–H groups in total. The van der Waals surface area contributed by atoms with E-state index in [1.165, 1.54) is 0 Å². The number of aliphatic hydroxyl groups excluding tert-OH is 1. The van der Waals surface area contributed by atoms with Crippen LogP contribution in [0.4, 0.5) is 13.2 Å². The fraction of sp³-hybridized carbons (Fsp3) is 0.583. The summed E-state index contributed by atoms with van der Waals surface area (Å²) in [6.45, 7) is 3.40. The Bertz CT molecular complexity index is 558. The van der Waals surface area contributed by atoms with E-state index in [9.17, 15) is 26.7 Å². The Morgan fingerprint density at radius 3 is 2.43 bits per heavy atom. The van der Waals surface area contributed by atoms with Crippen LogP contribution >= 0.6 is 0 Å². The van der Waals surface area contributed by atoms with Gasteiger partial charge in [-0.15, -0.1) is 0 Å². The molecule has 0 saturated carbocycles. The van der Waals surface area contributed by atoms with E-state index in [1.807, 2.05) is 6.92 Å². The molecule has 9 heteroatoms. The second kappa shape index (κ2) is 6.71. The van der Waals surface area contributed by atoms with Gasteiger partial charge in [-0.1, -0.05) is 20.3 Å². The van der Waals surface area contributed by atoms with Gasteiger partial charge in [0.25, 0.3) is 0 Å². The zero-order valence-corrected chi connectivity index (χ0v) is 12.4. The van der Waals surface area contributed by atoms with Gasteiger partial charge in [0.2, 0.25) is 10.0 Å². The quantitative estimate of drug-likeness (QED) is 0.835. The Morgan fingerprint density at radius 2 is 2.00 bits per heavy atom. The van der Waals surface area contributed by atoms with Crippen LogP contribution in [0.15, 0.2) is 23.2 Å². The van der Waals surface area contributed by atoms with Gasteiger partial charge in [-0.3, -0.25) is 4.98 Å². The number of nitrogens with zero attached hydrogens (tertiary/aromatic N) is 1. The highest BCUT2D eigenvalue weighted by molar-refractivity contribution is 7.89. The van der Waals surface area contributed by atoms with Crippen molar-refractivity contribution in [2.45, 2.75) is 37.4 Å². The second-order valence-electron chi connectivity index (χ2n) is 4.68. The van der Waals surface area contributed by atoms with Crippen molar-refractivity contribution in [2.75, 3.05) is 6.54 Å². The van der Waals surface area contributed by atoms with Crippen LogP contribution in [0.25, 0.3) is 0 Å². The van der Waals surface area contributed by atoms with E-state index in [4.69, 9.17) is 0 Å². The molecule has 0 fully saturated rings. The van der Waals surface area contributed by atoms with Crippen molar-refractivity contribution in [3.05, 3.63) is 24.0 Å². The Kier molecular flexibility index (Phi) is 5.71. The first-order valence-electron chi connectivity index (χ1n) is 6.29. The predicted octanol–water partition coefficient (Wildman–Crippen LogP) is 1.79. The first kappa shape index (κ1) is 17.9. The molecule has 0 aliphatic heterocycles. The Labute approximate surface area is 121 Å². The molecule has 0 radical (unpaired) electrons. The Balaban J connectivity index is 2.80. The van der Waals surface area contributed by atoms with Gasteiger partial charge in [0.15, 0.2) is 0 Å². The number of aromatic nitrogens is 1. The number of halogens is 3. The molecule has 0 bridgehead atoms. The molecule has 0 aromatic carbocycles. The minimum atomic E-state index is -4.62. The molecule has 0 spiro atoms. The maximum absolute atomic E-state index is 12.3.